The molecule has 1 aromatic carbocycles. The van der Waals surface area contributed by atoms with Gasteiger partial charge in [-0.05, 0) is 50.3 Å². The maximum Gasteiger partial charge on any atom is 0.317 e. The number of nitrogens with zero attached hydrogens (tertiary/aromatic N) is 3. The topological polar surface area (TPSA) is 50.2 Å². The zero-order valence-corrected chi connectivity index (χ0v) is 14.3. The zero-order chi connectivity index (χ0) is 17.3. The summed E-state index contributed by atoms with van der Waals surface area (Å²) in [5.41, 5.74) is 1.19. The Kier molecular flexibility index (Phi) is 4.55. The van der Waals surface area contributed by atoms with Crippen LogP contribution in [0, 0.1) is 18.7 Å². The van der Waals surface area contributed by atoms with E-state index in [9.17, 15) is 9.18 Å². The lowest BCUT2D eigenvalue weighted by molar-refractivity contribution is 0.187. The summed E-state index contributed by atoms with van der Waals surface area (Å²) in [7, 11) is 1.81. The molecule has 0 radical (unpaired) electrons. The van der Waals surface area contributed by atoms with Crippen LogP contribution < -0.4 is 5.32 Å². The summed E-state index contributed by atoms with van der Waals surface area (Å²) < 4.78 is 16.0. The second kappa shape index (κ2) is 6.63. The number of benzene rings is 1. The van der Waals surface area contributed by atoms with Crippen molar-refractivity contribution in [3.63, 3.8) is 0 Å². The van der Waals surface area contributed by atoms with Crippen LogP contribution in [0.15, 0.2) is 30.6 Å². The Bertz CT molecular complexity index is 738. The number of urea groups is 1. The van der Waals surface area contributed by atoms with Gasteiger partial charge < -0.3 is 14.8 Å². The summed E-state index contributed by atoms with van der Waals surface area (Å²) in [6, 6.07) is 5.11. The summed E-state index contributed by atoms with van der Waals surface area (Å²) >= 11 is 0. The molecule has 6 heteroatoms. The number of amides is 2. The van der Waals surface area contributed by atoms with Gasteiger partial charge in [-0.3, -0.25) is 0 Å². The van der Waals surface area contributed by atoms with Crippen LogP contribution in [-0.2, 0) is 6.54 Å². The van der Waals surface area contributed by atoms with Crippen molar-refractivity contribution in [1.82, 2.24) is 19.8 Å². The number of aryl methyl sites for hydroxylation is 1. The number of carbonyl (C=O) groups is 1. The van der Waals surface area contributed by atoms with E-state index in [-0.39, 0.29) is 17.9 Å². The van der Waals surface area contributed by atoms with Crippen LogP contribution in [0.3, 0.4) is 0 Å². The standard InChI is InChI=1S/C18H23FN4O/c1-12(15-5-6-15)22(3)18(24)21-11-14-4-7-17(16(19)10-14)23-9-8-20-13(23)2/h4,7-10,12,15H,5-6,11H2,1-3H3,(H,21,24). The molecule has 1 unspecified atom stereocenters. The second-order valence-electron chi connectivity index (χ2n) is 6.48. The molecule has 24 heavy (non-hydrogen) atoms. The molecule has 1 heterocycles. The molecule has 0 bridgehead atoms. The van der Waals surface area contributed by atoms with Crippen molar-refractivity contribution < 1.29 is 9.18 Å². The van der Waals surface area contributed by atoms with E-state index in [2.05, 4.69) is 17.2 Å². The van der Waals surface area contributed by atoms with E-state index in [1.807, 2.05) is 20.0 Å². The van der Waals surface area contributed by atoms with Gasteiger partial charge in [0, 0.05) is 32.0 Å². The molecule has 2 aromatic rings. The Morgan fingerprint density at radius 3 is 2.83 bits per heavy atom. The summed E-state index contributed by atoms with van der Waals surface area (Å²) in [6.07, 6.45) is 5.75. The number of carbonyl (C=O) groups excluding carboxylic acids is 1. The third kappa shape index (κ3) is 3.42. The summed E-state index contributed by atoms with van der Waals surface area (Å²) in [4.78, 5) is 18.0. The van der Waals surface area contributed by atoms with Crippen LogP contribution in [0.2, 0.25) is 0 Å². The second-order valence-corrected chi connectivity index (χ2v) is 6.48. The van der Waals surface area contributed by atoms with Crippen molar-refractivity contribution in [3.05, 3.63) is 47.8 Å². The fourth-order valence-electron chi connectivity index (χ4n) is 2.87. The smallest absolute Gasteiger partial charge is 0.317 e. The Labute approximate surface area is 141 Å². The van der Waals surface area contributed by atoms with Crippen LogP contribution in [0.25, 0.3) is 5.69 Å². The van der Waals surface area contributed by atoms with Gasteiger partial charge in [0.25, 0.3) is 0 Å². The Balaban J connectivity index is 1.63. The van der Waals surface area contributed by atoms with E-state index < -0.39 is 0 Å². The van der Waals surface area contributed by atoms with Gasteiger partial charge in [-0.2, -0.15) is 0 Å². The number of imidazole rings is 1. The highest BCUT2D eigenvalue weighted by atomic mass is 19.1. The van der Waals surface area contributed by atoms with Crippen LogP contribution >= 0.6 is 0 Å². The fourth-order valence-corrected chi connectivity index (χ4v) is 2.87. The average Bonchev–Trinajstić information content (AvgIpc) is 3.33. The average molecular weight is 330 g/mol. The number of hydrogen-bond donors (Lipinski definition) is 1. The van der Waals surface area contributed by atoms with E-state index in [1.165, 1.54) is 18.9 Å². The molecule has 1 aliphatic carbocycles. The molecule has 0 saturated heterocycles. The van der Waals surface area contributed by atoms with E-state index in [0.717, 1.165) is 11.4 Å². The van der Waals surface area contributed by atoms with Crippen LogP contribution in [0.1, 0.15) is 31.2 Å². The predicted octanol–water partition coefficient (Wildman–Crippen LogP) is 3.26. The van der Waals surface area contributed by atoms with Crippen LogP contribution in [0.4, 0.5) is 9.18 Å². The van der Waals surface area contributed by atoms with E-state index in [1.54, 1.807) is 27.9 Å². The maximum absolute atomic E-state index is 14.3. The third-order valence-corrected chi connectivity index (χ3v) is 4.78. The molecule has 1 fully saturated rings. The molecular formula is C18H23FN4O. The van der Waals surface area contributed by atoms with Gasteiger partial charge >= 0.3 is 6.03 Å². The molecule has 2 amide bonds. The minimum absolute atomic E-state index is 0.121. The van der Waals surface area contributed by atoms with Gasteiger partial charge in [0.15, 0.2) is 0 Å². The van der Waals surface area contributed by atoms with Crippen molar-refractivity contribution in [1.29, 1.82) is 0 Å². The summed E-state index contributed by atoms with van der Waals surface area (Å²) in [5, 5.41) is 2.86. The van der Waals surface area contributed by atoms with Gasteiger partial charge in [0.2, 0.25) is 0 Å². The highest BCUT2D eigenvalue weighted by Gasteiger charge is 2.32. The molecule has 1 N–H and O–H groups in total. The largest absolute Gasteiger partial charge is 0.334 e. The van der Waals surface area contributed by atoms with Gasteiger partial charge in [-0.15, -0.1) is 0 Å². The zero-order valence-electron chi connectivity index (χ0n) is 14.3. The highest BCUT2D eigenvalue weighted by molar-refractivity contribution is 5.74. The van der Waals surface area contributed by atoms with Gasteiger partial charge in [0.1, 0.15) is 11.6 Å². The summed E-state index contributed by atoms with van der Waals surface area (Å²) in [6.45, 7) is 4.20. The number of halogens is 1. The fraction of sp³-hybridized carbons (Fsp3) is 0.444. The monoisotopic (exact) mass is 330 g/mol. The minimum Gasteiger partial charge on any atom is -0.334 e. The lowest BCUT2D eigenvalue weighted by Crippen LogP contribution is -2.43. The molecule has 5 nitrogen and oxygen atoms in total. The summed E-state index contributed by atoms with van der Waals surface area (Å²) in [5.74, 6) is 1.02. The van der Waals surface area contributed by atoms with Crippen molar-refractivity contribution in [2.45, 2.75) is 39.3 Å². The molecular weight excluding hydrogens is 307 g/mol. The lowest BCUT2D eigenvalue weighted by atomic mass is 10.2. The number of nitrogens with one attached hydrogen (secondary N) is 1. The van der Waals surface area contributed by atoms with E-state index in [0.29, 0.717) is 18.2 Å². The number of rotatable bonds is 5. The first-order valence-corrected chi connectivity index (χ1v) is 8.26. The molecule has 128 valence electrons. The molecule has 1 saturated carbocycles. The highest BCUT2D eigenvalue weighted by Crippen LogP contribution is 2.34. The van der Waals surface area contributed by atoms with E-state index >= 15 is 0 Å². The molecule has 0 spiro atoms. The predicted molar refractivity (Wildman–Crippen MR) is 90.4 cm³/mol. The Morgan fingerprint density at radius 1 is 1.50 bits per heavy atom. The quantitative estimate of drug-likeness (QED) is 0.915. The molecule has 1 atom stereocenters. The normalized spacial score (nSPS) is 15.2. The Morgan fingerprint density at radius 2 is 2.25 bits per heavy atom. The van der Waals surface area contributed by atoms with Gasteiger partial charge in [0.05, 0.1) is 5.69 Å². The van der Waals surface area contributed by atoms with Crippen molar-refractivity contribution in [3.8, 4) is 5.69 Å². The van der Waals surface area contributed by atoms with Crippen molar-refractivity contribution in [2.75, 3.05) is 7.05 Å². The molecule has 1 aliphatic rings. The number of aromatic nitrogens is 2. The Hall–Kier alpha value is -2.37. The first kappa shape index (κ1) is 16.5. The molecule has 1 aromatic heterocycles. The SMILES string of the molecule is Cc1nccn1-c1ccc(CNC(=O)N(C)C(C)C2CC2)cc1F. The first-order chi connectivity index (χ1) is 11.5. The molecule has 3 rings (SSSR count). The van der Waals surface area contributed by atoms with E-state index in [4.69, 9.17) is 0 Å². The van der Waals surface area contributed by atoms with Gasteiger partial charge in [-0.25, -0.2) is 14.2 Å². The number of hydrogen-bond acceptors (Lipinski definition) is 2. The van der Waals surface area contributed by atoms with Crippen molar-refractivity contribution >= 4 is 6.03 Å². The van der Waals surface area contributed by atoms with Crippen molar-refractivity contribution in [2.24, 2.45) is 5.92 Å². The van der Waals surface area contributed by atoms with Crippen LogP contribution in [0.5, 0.6) is 0 Å². The van der Waals surface area contributed by atoms with Crippen LogP contribution in [-0.4, -0.2) is 33.6 Å². The van der Waals surface area contributed by atoms with Gasteiger partial charge in [-0.1, -0.05) is 6.07 Å². The first-order valence-electron chi connectivity index (χ1n) is 8.26. The third-order valence-electron chi connectivity index (χ3n) is 4.78. The minimum atomic E-state index is -0.331. The maximum atomic E-state index is 14.3. The lowest BCUT2D eigenvalue weighted by Gasteiger charge is -2.25. The molecule has 0 aliphatic heterocycles.